The zero-order chi connectivity index (χ0) is 15.5. The standard InChI is InChI=1S/C11H7NO3PS.C3H8O.2H2/c1-2-13-16(17)15-11-8-10(14-12-11)9-6-4-3-5-7-9;1-3-4-2;;/h1,3-8H;3H2,1-2H3;2*1H/q+1;;;. The van der Waals surface area contributed by atoms with Gasteiger partial charge in [-0.1, -0.05) is 36.8 Å². The van der Waals surface area contributed by atoms with Gasteiger partial charge < -0.3 is 9.26 Å². The van der Waals surface area contributed by atoms with Gasteiger partial charge in [-0.2, -0.15) is 4.52 Å². The molecule has 2 rings (SSSR count). The molecule has 0 saturated carbocycles. The van der Waals surface area contributed by atoms with Gasteiger partial charge >= 0.3 is 13.0 Å². The van der Waals surface area contributed by atoms with Crippen molar-refractivity contribution in [3.05, 3.63) is 36.4 Å². The van der Waals surface area contributed by atoms with Crippen LogP contribution < -0.4 is 4.52 Å². The zero-order valence-electron chi connectivity index (χ0n) is 11.7. The van der Waals surface area contributed by atoms with E-state index in [1.54, 1.807) is 13.2 Å². The van der Waals surface area contributed by atoms with Crippen LogP contribution in [0.2, 0.25) is 0 Å². The van der Waals surface area contributed by atoms with Crippen LogP contribution in [0.25, 0.3) is 11.3 Å². The zero-order valence-corrected chi connectivity index (χ0v) is 13.4. The van der Waals surface area contributed by atoms with Crippen molar-refractivity contribution in [2.75, 3.05) is 13.7 Å². The van der Waals surface area contributed by atoms with Crippen molar-refractivity contribution >= 4 is 19.0 Å². The Morgan fingerprint density at radius 3 is 2.67 bits per heavy atom. The van der Waals surface area contributed by atoms with E-state index < -0.39 is 7.15 Å². The number of ether oxygens (including phenoxy) is 1. The summed E-state index contributed by atoms with van der Waals surface area (Å²) in [7, 11) is 0.0928. The van der Waals surface area contributed by atoms with Crippen molar-refractivity contribution in [2.24, 2.45) is 0 Å². The fourth-order valence-corrected chi connectivity index (χ4v) is 1.90. The monoisotopic (exact) mass is 328 g/mol. The van der Waals surface area contributed by atoms with Gasteiger partial charge in [0.2, 0.25) is 0 Å². The molecular formula is C14H19NO4PS+. The minimum Gasteiger partial charge on any atom is -0.385 e. The summed E-state index contributed by atoms with van der Waals surface area (Å²) >= 11 is 4.84. The highest BCUT2D eigenvalue weighted by Crippen LogP contribution is 2.30. The summed E-state index contributed by atoms with van der Waals surface area (Å²) in [4.78, 5) is 0. The van der Waals surface area contributed by atoms with Crippen molar-refractivity contribution in [3.8, 4) is 29.7 Å². The molecule has 1 unspecified atom stereocenters. The predicted octanol–water partition coefficient (Wildman–Crippen LogP) is 4.25. The summed E-state index contributed by atoms with van der Waals surface area (Å²) in [6.45, 7) is 2.78. The van der Waals surface area contributed by atoms with Gasteiger partial charge in [0, 0.05) is 22.1 Å². The highest BCUT2D eigenvalue weighted by atomic mass is 32.4. The third-order valence-electron chi connectivity index (χ3n) is 2.13. The van der Waals surface area contributed by atoms with Crippen LogP contribution in [0.3, 0.4) is 0 Å². The molecule has 1 heterocycles. The third-order valence-corrected chi connectivity index (χ3v) is 3.17. The first-order valence-corrected chi connectivity index (χ1v) is 8.19. The van der Waals surface area contributed by atoms with Gasteiger partial charge in [0.1, 0.15) is 0 Å². The quantitative estimate of drug-likeness (QED) is 0.604. The maximum atomic E-state index is 5.17. The normalized spacial score (nSPS) is 9.86. The lowest BCUT2D eigenvalue weighted by Crippen LogP contribution is -1.80. The van der Waals surface area contributed by atoms with Crippen molar-refractivity contribution in [1.82, 2.24) is 5.16 Å². The average molecular weight is 328 g/mol. The SMILES string of the molecule is C#CO[P+](=S)Oc1cc(-c2ccccc2)on1.CCOC.[HH].[HH]. The van der Waals surface area contributed by atoms with Crippen LogP contribution in [0, 0.1) is 12.5 Å². The Morgan fingerprint density at radius 1 is 1.43 bits per heavy atom. The Hall–Kier alpha value is -1.93. The lowest BCUT2D eigenvalue weighted by Gasteiger charge is -1.90. The van der Waals surface area contributed by atoms with Gasteiger partial charge in [-0.15, -0.1) is 0 Å². The molecule has 7 heteroatoms. The molecule has 1 aromatic heterocycles. The molecule has 1 atom stereocenters. The Bertz CT molecular complexity index is 602. The Kier molecular flexibility index (Phi) is 8.07. The number of hydrogen-bond donors (Lipinski definition) is 0. The van der Waals surface area contributed by atoms with Gasteiger partial charge in [-0.05, 0) is 12.1 Å². The maximum Gasteiger partial charge on any atom is 0.638 e. The van der Waals surface area contributed by atoms with Gasteiger partial charge in [0.15, 0.2) is 11.9 Å². The van der Waals surface area contributed by atoms with E-state index in [0.29, 0.717) is 5.76 Å². The van der Waals surface area contributed by atoms with Gasteiger partial charge in [-0.3, -0.25) is 0 Å². The molecule has 5 nitrogen and oxygen atoms in total. The molecule has 0 saturated heterocycles. The third kappa shape index (κ3) is 6.37. The molecule has 114 valence electrons. The highest BCUT2D eigenvalue weighted by molar-refractivity contribution is 8.00. The summed E-state index contributed by atoms with van der Waals surface area (Å²) in [5.41, 5.74) is 0.904. The van der Waals surface area contributed by atoms with Crippen LogP contribution in [-0.4, -0.2) is 18.9 Å². The highest BCUT2D eigenvalue weighted by Gasteiger charge is 2.19. The molecule has 0 N–H and O–H groups in total. The fraction of sp³-hybridized carbons (Fsp3) is 0.214. The van der Waals surface area contributed by atoms with Crippen molar-refractivity contribution < 1.29 is 21.2 Å². The Balaban J connectivity index is 0. The number of aromatic nitrogens is 1. The van der Waals surface area contributed by atoms with Gasteiger partial charge in [-0.25, -0.2) is 4.52 Å². The van der Waals surface area contributed by atoms with E-state index in [-0.39, 0.29) is 8.73 Å². The van der Waals surface area contributed by atoms with E-state index in [0.717, 1.165) is 12.2 Å². The van der Waals surface area contributed by atoms with Crippen LogP contribution >= 0.6 is 7.15 Å². The fourth-order valence-electron chi connectivity index (χ4n) is 1.18. The molecule has 21 heavy (non-hydrogen) atoms. The van der Waals surface area contributed by atoms with E-state index >= 15 is 0 Å². The van der Waals surface area contributed by atoms with Gasteiger partial charge in [0.05, 0.1) is 6.07 Å². The second-order valence-corrected chi connectivity index (χ2v) is 5.20. The van der Waals surface area contributed by atoms with Crippen molar-refractivity contribution in [3.63, 3.8) is 0 Å². The average Bonchev–Trinajstić information content (AvgIpc) is 2.97. The van der Waals surface area contributed by atoms with Crippen LogP contribution in [0.1, 0.15) is 9.78 Å². The van der Waals surface area contributed by atoms with E-state index in [2.05, 4.69) is 14.4 Å². The molecular weight excluding hydrogens is 309 g/mol. The van der Waals surface area contributed by atoms with Crippen LogP contribution in [0.15, 0.2) is 40.9 Å². The molecule has 0 spiro atoms. The largest absolute Gasteiger partial charge is 0.638 e. The van der Waals surface area contributed by atoms with E-state index in [9.17, 15) is 0 Å². The minimum absolute atomic E-state index is 0. The number of terminal acetylenes is 1. The first-order valence-electron chi connectivity index (χ1n) is 6.00. The summed E-state index contributed by atoms with van der Waals surface area (Å²) in [5, 5.41) is 3.72. The van der Waals surface area contributed by atoms with Crippen molar-refractivity contribution in [2.45, 2.75) is 6.92 Å². The lowest BCUT2D eigenvalue weighted by atomic mass is 10.2. The number of hydrogen-bond acceptors (Lipinski definition) is 6. The number of rotatable bonds is 5. The second kappa shape index (κ2) is 9.89. The minimum atomic E-state index is -1.59. The molecule has 0 amide bonds. The van der Waals surface area contributed by atoms with Crippen LogP contribution in [0.5, 0.6) is 5.88 Å². The summed E-state index contributed by atoms with van der Waals surface area (Å²) in [6, 6.07) is 11.2. The number of methoxy groups -OCH3 is 1. The summed E-state index contributed by atoms with van der Waals surface area (Å²) < 4.78 is 19.5. The Morgan fingerprint density at radius 2 is 2.10 bits per heavy atom. The molecule has 0 aliphatic heterocycles. The first-order chi connectivity index (χ1) is 10.2. The Labute approximate surface area is 132 Å². The number of nitrogens with zero attached hydrogens (tertiary/aromatic N) is 1. The molecule has 2 aromatic rings. The van der Waals surface area contributed by atoms with Crippen LogP contribution in [0.4, 0.5) is 0 Å². The molecule has 0 bridgehead atoms. The molecule has 0 aliphatic rings. The van der Waals surface area contributed by atoms with Crippen molar-refractivity contribution in [1.29, 1.82) is 0 Å². The summed E-state index contributed by atoms with van der Waals surface area (Å²) in [6.07, 6.45) is 6.90. The lowest BCUT2D eigenvalue weighted by molar-refractivity contribution is 0.215. The smallest absolute Gasteiger partial charge is 0.385 e. The molecule has 0 fully saturated rings. The molecule has 0 aliphatic carbocycles. The first kappa shape index (κ1) is 17.1. The van der Waals surface area contributed by atoms with E-state index in [1.165, 1.54) is 0 Å². The number of benzene rings is 1. The van der Waals surface area contributed by atoms with Crippen LogP contribution in [-0.2, 0) is 21.1 Å². The second-order valence-electron chi connectivity index (χ2n) is 3.50. The topological polar surface area (TPSA) is 53.7 Å². The van der Waals surface area contributed by atoms with Gasteiger partial charge in [0.25, 0.3) is 11.8 Å². The van der Waals surface area contributed by atoms with E-state index in [1.807, 2.05) is 43.4 Å². The van der Waals surface area contributed by atoms with E-state index in [4.69, 9.17) is 27.3 Å². The molecule has 1 aromatic carbocycles. The molecule has 0 radical (unpaired) electrons. The summed E-state index contributed by atoms with van der Waals surface area (Å²) in [5.74, 6) is 0.861. The maximum absolute atomic E-state index is 5.17. The predicted molar refractivity (Wildman–Crippen MR) is 88.5 cm³/mol.